The van der Waals surface area contributed by atoms with Crippen LogP contribution in [0.1, 0.15) is 37.0 Å². The molecule has 2 aliphatic rings. The van der Waals surface area contributed by atoms with Gasteiger partial charge in [-0.3, -0.25) is 19.4 Å². The van der Waals surface area contributed by atoms with E-state index in [9.17, 15) is 14.0 Å². The fourth-order valence-corrected chi connectivity index (χ4v) is 4.97. The maximum absolute atomic E-state index is 15.6. The fourth-order valence-electron chi connectivity index (χ4n) is 4.97. The number of piperazine rings is 1. The van der Waals surface area contributed by atoms with Gasteiger partial charge in [-0.1, -0.05) is 13.3 Å². The predicted molar refractivity (Wildman–Crippen MR) is 122 cm³/mol. The first-order valence-electron chi connectivity index (χ1n) is 11.7. The van der Waals surface area contributed by atoms with Crippen LogP contribution in [0.5, 0.6) is 0 Å². The highest BCUT2D eigenvalue weighted by molar-refractivity contribution is 6.04. The second-order valence-electron chi connectivity index (χ2n) is 9.04. The van der Waals surface area contributed by atoms with Crippen molar-refractivity contribution >= 4 is 23.3 Å². The maximum atomic E-state index is 15.6. The number of hydrogen-bond acceptors (Lipinski definition) is 7. The molecule has 0 radical (unpaired) electrons. The molecule has 10 nitrogen and oxygen atoms in total. The molecule has 3 unspecified atom stereocenters. The van der Waals surface area contributed by atoms with Crippen LogP contribution in [0.3, 0.4) is 0 Å². The Labute approximate surface area is 197 Å². The highest BCUT2D eigenvalue weighted by Gasteiger charge is 2.42. The number of carbonyl (C=O) groups is 2. The van der Waals surface area contributed by atoms with Crippen LogP contribution in [0.25, 0.3) is 5.65 Å². The second-order valence-corrected chi connectivity index (χ2v) is 9.04. The Kier molecular flexibility index (Phi) is 7.27. The number of likely N-dealkylation sites (tertiary alicyclic amines) is 1. The zero-order valence-corrected chi connectivity index (χ0v) is 19.6. The van der Waals surface area contributed by atoms with E-state index in [2.05, 4.69) is 22.3 Å². The topological polar surface area (TPSA) is 112 Å². The molecule has 34 heavy (non-hydrogen) atoms. The van der Waals surface area contributed by atoms with E-state index in [4.69, 9.17) is 5.73 Å². The summed E-state index contributed by atoms with van der Waals surface area (Å²) in [7, 11) is 0. The molecule has 0 aliphatic carbocycles. The Bertz CT molecular complexity index is 1040. The molecule has 3 atom stereocenters. The van der Waals surface area contributed by atoms with Gasteiger partial charge in [0, 0.05) is 46.2 Å². The molecule has 2 fully saturated rings. The van der Waals surface area contributed by atoms with Crippen LogP contribution in [0.2, 0.25) is 0 Å². The summed E-state index contributed by atoms with van der Waals surface area (Å²) >= 11 is 0. The van der Waals surface area contributed by atoms with Crippen LogP contribution in [0.15, 0.2) is 12.4 Å². The molecule has 12 heteroatoms. The summed E-state index contributed by atoms with van der Waals surface area (Å²) < 4.78 is 30.2. The number of unbranched alkanes of at least 4 members (excludes halogenated alkanes) is 1. The number of alkyl halides is 1. The molecule has 0 saturated carbocycles. The Hall–Kier alpha value is -2.86. The van der Waals surface area contributed by atoms with Gasteiger partial charge in [0.25, 0.3) is 5.91 Å². The molecule has 4 heterocycles. The number of carbonyl (C=O) groups excluding carboxylic acids is 2. The van der Waals surface area contributed by atoms with Gasteiger partial charge < -0.3 is 16.0 Å². The van der Waals surface area contributed by atoms with Gasteiger partial charge in [0.1, 0.15) is 11.7 Å². The number of nitrogens with two attached hydrogens (primary N) is 1. The van der Waals surface area contributed by atoms with E-state index in [0.717, 1.165) is 36.3 Å². The molecule has 186 valence electrons. The lowest BCUT2D eigenvalue weighted by atomic mass is 9.94. The third-order valence-corrected chi connectivity index (χ3v) is 6.69. The summed E-state index contributed by atoms with van der Waals surface area (Å²) in [4.78, 5) is 34.8. The number of nitrogens with one attached hydrogen (secondary N) is 1. The zero-order chi connectivity index (χ0) is 24.4. The first-order valence-corrected chi connectivity index (χ1v) is 11.7. The number of aromatic nitrogens is 3. The van der Waals surface area contributed by atoms with E-state index in [1.165, 1.54) is 6.92 Å². The summed E-state index contributed by atoms with van der Waals surface area (Å²) in [5.74, 6) is -1.19. The first-order chi connectivity index (χ1) is 16.3. The molecule has 2 aromatic heterocycles. The van der Waals surface area contributed by atoms with Crippen LogP contribution in [-0.2, 0) is 4.79 Å². The van der Waals surface area contributed by atoms with Crippen molar-refractivity contribution in [3.05, 3.63) is 23.8 Å². The maximum Gasteiger partial charge on any atom is 0.259 e. The average molecular weight is 479 g/mol. The molecule has 4 rings (SSSR count). The standard InChI is InChI=1S/C22H32F2N8O2/c1-3-4-5-29-12-16(24)19(31-8-6-30(7-9-31)14(2)33)17(13-29)27-22(34)18-20(25)28-32-11-15(23)10-26-21(18)32/h10-11,16-17,19H,3-9,12-13H2,1-2H3,(H2,25,28)(H,27,34). The molecule has 0 spiro atoms. The van der Waals surface area contributed by atoms with Crippen LogP contribution in [-0.4, -0.2) is 105 Å². The van der Waals surface area contributed by atoms with Crippen LogP contribution in [0, 0.1) is 5.82 Å². The summed E-state index contributed by atoms with van der Waals surface area (Å²) in [5, 5.41) is 6.97. The van der Waals surface area contributed by atoms with E-state index in [0.29, 0.717) is 39.3 Å². The van der Waals surface area contributed by atoms with Crippen LogP contribution >= 0.6 is 0 Å². The van der Waals surface area contributed by atoms with Crippen molar-refractivity contribution in [2.45, 2.75) is 44.9 Å². The molecular weight excluding hydrogens is 446 g/mol. The third kappa shape index (κ3) is 4.97. The molecule has 3 N–H and O–H groups in total. The molecule has 2 amide bonds. The Morgan fingerprint density at radius 1 is 1.24 bits per heavy atom. The van der Waals surface area contributed by atoms with Gasteiger partial charge in [0.2, 0.25) is 5.91 Å². The normalized spacial score (nSPS) is 24.5. The summed E-state index contributed by atoms with van der Waals surface area (Å²) in [6.07, 6.45) is 2.84. The Morgan fingerprint density at radius 3 is 2.65 bits per heavy atom. The predicted octanol–water partition coefficient (Wildman–Crippen LogP) is 0.536. The largest absolute Gasteiger partial charge is 0.381 e. The number of anilines is 1. The monoisotopic (exact) mass is 478 g/mol. The zero-order valence-electron chi connectivity index (χ0n) is 19.6. The lowest BCUT2D eigenvalue weighted by Crippen LogP contribution is -2.67. The number of amides is 2. The summed E-state index contributed by atoms with van der Waals surface area (Å²) in [6, 6.07) is -1.05. The van der Waals surface area contributed by atoms with Crippen LogP contribution < -0.4 is 11.1 Å². The van der Waals surface area contributed by atoms with Gasteiger partial charge in [0.15, 0.2) is 17.3 Å². The van der Waals surface area contributed by atoms with Crippen molar-refractivity contribution in [3.63, 3.8) is 0 Å². The molecule has 0 bridgehead atoms. The van der Waals surface area contributed by atoms with Crippen molar-refractivity contribution in [2.75, 3.05) is 51.5 Å². The van der Waals surface area contributed by atoms with Gasteiger partial charge in [-0.2, -0.15) is 0 Å². The quantitative estimate of drug-likeness (QED) is 0.623. The second kappa shape index (κ2) is 10.2. The number of nitrogen functional groups attached to an aromatic ring is 1. The SMILES string of the molecule is CCCCN1CC(F)C(N2CCN(C(C)=O)CC2)C(NC(=O)c2c(N)nn3cc(F)cnc23)C1. The Balaban J connectivity index is 1.57. The molecule has 2 aromatic rings. The summed E-state index contributed by atoms with van der Waals surface area (Å²) in [6.45, 7) is 7.25. The number of nitrogens with zero attached hydrogens (tertiary/aromatic N) is 6. The van der Waals surface area contributed by atoms with Gasteiger partial charge in [-0.05, 0) is 13.0 Å². The number of halogens is 2. The minimum absolute atomic E-state index is 0.00295. The lowest BCUT2D eigenvalue weighted by Gasteiger charge is -2.48. The first kappa shape index (κ1) is 24.3. The minimum atomic E-state index is -1.17. The number of fused-ring (bicyclic) bond motifs is 1. The molecule has 0 aromatic carbocycles. The van der Waals surface area contributed by atoms with Gasteiger partial charge in [-0.25, -0.2) is 18.3 Å². The van der Waals surface area contributed by atoms with Gasteiger partial charge in [0.05, 0.1) is 24.5 Å². The van der Waals surface area contributed by atoms with Crippen molar-refractivity contribution in [1.82, 2.24) is 34.6 Å². The van der Waals surface area contributed by atoms with E-state index in [1.807, 2.05) is 9.80 Å². The van der Waals surface area contributed by atoms with Crippen molar-refractivity contribution < 1.29 is 18.4 Å². The number of rotatable bonds is 6. The minimum Gasteiger partial charge on any atom is -0.381 e. The van der Waals surface area contributed by atoms with E-state index in [-0.39, 0.29) is 22.9 Å². The average Bonchev–Trinajstić information content (AvgIpc) is 3.12. The lowest BCUT2D eigenvalue weighted by molar-refractivity contribution is -0.131. The van der Waals surface area contributed by atoms with Gasteiger partial charge in [-0.15, -0.1) is 5.10 Å². The molecule has 2 aliphatic heterocycles. The Morgan fingerprint density at radius 2 is 1.97 bits per heavy atom. The van der Waals surface area contributed by atoms with E-state index < -0.39 is 30.0 Å². The number of piperidine rings is 1. The van der Waals surface area contributed by atoms with Gasteiger partial charge >= 0.3 is 0 Å². The smallest absolute Gasteiger partial charge is 0.259 e. The van der Waals surface area contributed by atoms with Crippen molar-refractivity contribution in [2.24, 2.45) is 0 Å². The fraction of sp³-hybridized carbons (Fsp3) is 0.636. The van der Waals surface area contributed by atoms with Crippen LogP contribution in [0.4, 0.5) is 14.6 Å². The highest BCUT2D eigenvalue weighted by Crippen LogP contribution is 2.24. The summed E-state index contributed by atoms with van der Waals surface area (Å²) in [5.41, 5.74) is 6.14. The van der Waals surface area contributed by atoms with Crippen molar-refractivity contribution in [1.29, 1.82) is 0 Å². The number of hydrogen-bond donors (Lipinski definition) is 2. The molecule has 2 saturated heterocycles. The highest BCUT2D eigenvalue weighted by atomic mass is 19.1. The van der Waals surface area contributed by atoms with Crippen molar-refractivity contribution in [3.8, 4) is 0 Å². The molecular formula is C22H32F2N8O2. The van der Waals surface area contributed by atoms with E-state index in [1.54, 1.807) is 4.90 Å². The van der Waals surface area contributed by atoms with E-state index >= 15 is 4.39 Å². The third-order valence-electron chi connectivity index (χ3n) is 6.69.